The molecule has 0 fully saturated rings. The molecule has 0 saturated carbocycles. The molecule has 0 amide bonds. The summed E-state index contributed by atoms with van der Waals surface area (Å²) < 4.78 is 0. The molecule has 0 saturated heterocycles. The van der Waals surface area contributed by atoms with E-state index in [9.17, 15) is 4.79 Å². The molecule has 0 heterocycles. The molecular weight excluding hydrogens is 428 g/mol. The maximum Gasteiger partial charge on any atom is 0.153 e. The standard InChI is InChI=1S/C26H20.C7H6O2/c1-5-13-21(14-6-1)25(22-15-7-2-8-16-22)26(23-17-9-3-10-18-23)24-19-11-4-12-20-24;8-5-6-3-1-2-4-7(6)9/h1-20H;1-5,9H. The van der Waals surface area contributed by atoms with E-state index in [2.05, 4.69) is 121 Å². The van der Waals surface area contributed by atoms with Crippen molar-refractivity contribution in [3.8, 4) is 5.75 Å². The van der Waals surface area contributed by atoms with Crippen LogP contribution in [0.2, 0.25) is 0 Å². The summed E-state index contributed by atoms with van der Waals surface area (Å²) in [6, 6.07) is 49.0. The fraction of sp³-hybridized carbons (Fsp3) is 0. The van der Waals surface area contributed by atoms with Crippen LogP contribution in [0.15, 0.2) is 146 Å². The van der Waals surface area contributed by atoms with Gasteiger partial charge in [0, 0.05) is 0 Å². The summed E-state index contributed by atoms with van der Waals surface area (Å²) in [5.41, 5.74) is 7.73. The van der Waals surface area contributed by atoms with E-state index < -0.39 is 0 Å². The van der Waals surface area contributed by atoms with Crippen LogP contribution < -0.4 is 0 Å². The molecule has 170 valence electrons. The monoisotopic (exact) mass is 454 g/mol. The van der Waals surface area contributed by atoms with Crippen molar-refractivity contribution in [1.82, 2.24) is 0 Å². The Bertz CT molecular complexity index is 1210. The molecule has 35 heavy (non-hydrogen) atoms. The van der Waals surface area contributed by atoms with Crippen molar-refractivity contribution in [3.05, 3.63) is 173 Å². The number of rotatable bonds is 5. The average Bonchev–Trinajstić information content (AvgIpc) is 2.94. The Morgan fingerprint density at radius 2 is 0.714 bits per heavy atom. The highest BCUT2D eigenvalue weighted by Gasteiger charge is 2.15. The first-order valence-corrected chi connectivity index (χ1v) is 11.5. The van der Waals surface area contributed by atoms with Gasteiger partial charge in [0.25, 0.3) is 0 Å². The number of benzene rings is 5. The lowest BCUT2D eigenvalue weighted by atomic mass is 9.86. The van der Waals surface area contributed by atoms with Crippen LogP contribution in [-0.2, 0) is 0 Å². The summed E-state index contributed by atoms with van der Waals surface area (Å²) in [4.78, 5) is 10.1. The Kier molecular flexibility index (Phi) is 8.02. The molecule has 0 aliphatic heterocycles. The summed E-state index contributed by atoms with van der Waals surface area (Å²) in [5, 5.41) is 8.88. The zero-order chi connectivity index (χ0) is 24.3. The fourth-order valence-corrected chi connectivity index (χ4v) is 3.92. The van der Waals surface area contributed by atoms with Crippen LogP contribution in [0.25, 0.3) is 11.1 Å². The summed E-state index contributed by atoms with van der Waals surface area (Å²) in [5.74, 6) is 0.0347. The average molecular weight is 455 g/mol. The van der Waals surface area contributed by atoms with Gasteiger partial charge in [-0.25, -0.2) is 0 Å². The second-order valence-corrected chi connectivity index (χ2v) is 7.89. The number of phenols is 1. The number of hydrogen-bond donors (Lipinski definition) is 1. The van der Waals surface area contributed by atoms with Gasteiger partial charge in [0.05, 0.1) is 5.56 Å². The first-order chi connectivity index (χ1) is 17.3. The smallest absolute Gasteiger partial charge is 0.153 e. The molecular formula is C33H26O2. The van der Waals surface area contributed by atoms with E-state index in [1.54, 1.807) is 18.2 Å². The summed E-state index contributed by atoms with van der Waals surface area (Å²) >= 11 is 0. The maximum atomic E-state index is 10.1. The zero-order valence-electron chi connectivity index (χ0n) is 19.3. The first-order valence-electron chi connectivity index (χ1n) is 11.5. The van der Waals surface area contributed by atoms with Crippen molar-refractivity contribution in [1.29, 1.82) is 0 Å². The lowest BCUT2D eigenvalue weighted by molar-refractivity contribution is 0.112. The van der Waals surface area contributed by atoms with E-state index in [1.807, 2.05) is 0 Å². The van der Waals surface area contributed by atoms with Gasteiger partial charge in [0.1, 0.15) is 5.75 Å². The van der Waals surface area contributed by atoms with Gasteiger partial charge in [-0.3, -0.25) is 4.79 Å². The molecule has 2 nitrogen and oxygen atoms in total. The van der Waals surface area contributed by atoms with Crippen molar-refractivity contribution in [2.24, 2.45) is 0 Å². The number of hydrogen-bond acceptors (Lipinski definition) is 2. The number of para-hydroxylation sites is 1. The Morgan fingerprint density at radius 3 is 0.971 bits per heavy atom. The minimum atomic E-state index is 0.0347. The second-order valence-electron chi connectivity index (χ2n) is 7.89. The van der Waals surface area contributed by atoms with Gasteiger partial charge in [-0.2, -0.15) is 0 Å². The van der Waals surface area contributed by atoms with Crippen LogP contribution in [0.5, 0.6) is 5.75 Å². The fourth-order valence-electron chi connectivity index (χ4n) is 3.92. The van der Waals surface area contributed by atoms with Gasteiger partial charge in [-0.05, 0) is 45.5 Å². The quantitative estimate of drug-likeness (QED) is 0.216. The van der Waals surface area contributed by atoms with Crippen molar-refractivity contribution >= 4 is 17.4 Å². The number of phenolic OH excluding ortho intramolecular Hbond substituents is 1. The second kappa shape index (κ2) is 12.0. The van der Waals surface area contributed by atoms with Crippen LogP contribution in [0.3, 0.4) is 0 Å². The largest absolute Gasteiger partial charge is 0.507 e. The lowest BCUT2D eigenvalue weighted by Crippen LogP contribution is -1.97. The summed E-state index contributed by atoms with van der Waals surface area (Å²) in [7, 11) is 0. The van der Waals surface area contributed by atoms with Crippen LogP contribution in [0, 0.1) is 0 Å². The van der Waals surface area contributed by atoms with Crippen molar-refractivity contribution in [2.45, 2.75) is 0 Å². The molecule has 0 aliphatic rings. The van der Waals surface area contributed by atoms with Gasteiger partial charge >= 0.3 is 0 Å². The van der Waals surface area contributed by atoms with E-state index in [0.29, 0.717) is 11.8 Å². The lowest BCUT2D eigenvalue weighted by Gasteiger charge is -2.18. The van der Waals surface area contributed by atoms with Crippen molar-refractivity contribution < 1.29 is 9.90 Å². The third-order valence-electron chi connectivity index (χ3n) is 5.56. The molecule has 5 aromatic rings. The molecule has 2 heteroatoms. The number of carbonyl (C=O) groups excluding carboxylic acids is 1. The first kappa shape index (κ1) is 23.5. The minimum absolute atomic E-state index is 0.0347. The van der Waals surface area contributed by atoms with Crippen LogP contribution in [-0.4, -0.2) is 11.4 Å². The highest BCUT2D eigenvalue weighted by molar-refractivity contribution is 6.04. The van der Waals surface area contributed by atoms with Crippen molar-refractivity contribution in [3.63, 3.8) is 0 Å². The third-order valence-corrected chi connectivity index (χ3v) is 5.56. The van der Waals surface area contributed by atoms with E-state index in [1.165, 1.54) is 39.5 Å². The summed E-state index contributed by atoms with van der Waals surface area (Å²) in [6.07, 6.45) is 0.620. The van der Waals surface area contributed by atoms with Gasteiger partial charge < -0.3 is 5.11 Å². The number of aldehydes is 1. The highest BCUT2D eigenvalue weighted by Crippen LogP contribution is 2.36. The molecule has 5 aromatic carbocycles. The Labute approximate surface area is 206 Å². The predicted molar refractivity (Wildman–Crippen MR) is 144 cm³/mol. The normalized spacial score (nSPS) is 9.94. The van der Waals surface area contributed by atoms with E-state index >= 15 is 0 Å². The molecule has 0 bridgehead atoms. The number of aromatic hydroxyl groups is 1. The third kappa shape index (κ3) is 6.01. The molecule has 0 aromatic heterocycles. The van der Waals surface area contributed by atoms with Gasteiger partial charge in [-0.15, -0.1) is 0 Å². The van der Waals surface area contributed by atoms with Crippen LogP contribution >= 0.6 is 0 Å². The molecule has 0 spiro atoms. The molecule has 1 N–H and O–H groups in total. The molecule has 0 aliphatic carbocycles. The highest BCUT2D eigenvalue weighted by atomic mass is 16.3. The maximum absolute atomic E-state index is 10.1. The van der Waals surface area contributed by atoms with Crippen LogP contribution in [0.4, 0.5) is 0 Å². The molecule has 0 atom stereocenters. The van der Waals surface area contributed by atoms with Gasteiger partial charge in [0.2, 0.25) is 0 Å². The minimum Gasteiger partial charge on any atom is -0.507 e. The van der Waals surface area contributed by atoms with Gasteiger partial charge in [0.15, 0.2) is 6.29 Å². The summed E-state index contributed by atoms with van der Waals surface area (Å²) in [6.45, 7) is 0. The topological polar surface area (TPSA) is 37.3 Å². The molecule has 0 unspecified atom stereocenters. The SMILES string of the molecule is O=Cc1ccccc1O.c1ccc(C(=C(c2ccccc2)c2ccccc2)c2ccccc2)cc1. The van der Waals surface area contributed by atoms with Gasteiger partial charge in [-0.1, -0.05) is 133 Å². The van der Waals surface area contributed by atoms with E-state index in [0.717, 1.165) is 0 Å². The molecule has 5 rings (SSSR count). The number of carbonyl (C=O) groups is 1. The molecule has 0 radical (unpaired) electrons. The van der Waals surface area contributed by atoms with E-state index in [4.69, 9.17) is 5.11 Å². The Balaban J connectivity index is 0.000000271. The Hall–Kier alpha value is -4.69. The Morgan fingerprint density at radius 1 is 0.429 bits per heavy atom. The predicted octanol–water partition coefficient (Wildman–Crippen LogP) is 7.90. The van der Waals surface area contributed by atoms with Crippen molar-refractivity contribution in [2.75, 3.05) is 0 Å². The van der Waals surface area contributed by atoms with Crippen LogP contribution in [0.1, 0.15) is 32.6 Å². The van der Waals surface area contributed by atoms with E-state index in [-0.39, 0.29) is 5.75 Å². The zero-order valence-corrected chi connectivity index (χ0v) is 19.3.